The Morgan fingerprint density at radius 2 is 1.68 bits per heavy atom. The molecule has 0 fully saturated rings. The molecule has 0 bridgehead atoms. The number of benzene rings is 2. The summed E-state index contributed by atoms with van der Waals surface area (Å²) in [4.78, 5) is 12.3. The number of carbonyl (C=O) groups excluding carboxylic acids is 1. The Hall–Kier alpha value is -3.34. The van der Waals surface area contributed by atoms with E-state index in [1.165, 1.54) is 49.0 Å². The van der Waals surface area contributed by atoms with Gasteiger partial charge in [-0.25, -0.2) is 8.42 Å². The molecule has 2 aromatic carbocycles. The van der Waals surface area contributed by atoms with Crippen LogP contribution in [-0.4, -0.2) is 24.1 Å². The summed E-state index contributed by atoms with van der Waals surface area (Å²) in [6.07, 6.45) is -3.12. The first-order valence-electron chi connectivity index (χ1n) is 8.99. The van der Waals surface area contributed by atoms with E-state index in [1.54, 1.807) is 7.05 Å². The number of alkyl halides is 3. The number of amides is 1. The van der Waals surface area contributed by atoms with Crippen LogP contribution < -0.4 is 10.0 Å². The van der Waals surface area contributed by atoms with Crippen molar-refractivity contribution in [2.75, 3.05) is 10.0 Å². The van der Waals surface area contributed by atoms with Gasteiger partial charge in [-0.2, -0.15) is 18.3 Å². The number of anilines is 2. The molecule has 7 nitrogen and oxygen atoms in total. The predicted molar refractivity (Wildman–Crippen MR) is 109 cm³/mol. The van der Waals surface area contributed by atoms with Crippen LogP contribution in [0.25, 0.3) is 0 Å². The van der Waals surface area contributed by atoms with E-state index in [1.807, 2.05) is 0 Å². The van der Waals surface area contributed by atoms with Crippen LogP contribution in [0.4, 0.5) is 24.5 Å². The van der Waals surface area contributed by atoms with Gasteiger partial charge in [0.1, 0.15) is 5.69 Å². The Morgan fingerprint density at radius 3 is 2.23 bits per heavy atom. The highest BCUT2D eigenvalue weighted by Gasteiger charge is 2.31. The molecule has 2 N–H and O–H groups in total. The smallest absolute Gasteiger partial charge is 0.321 e. The fraction of sp³-hybridized carbons (Fsp3) is 0.200. The number of nitrogens with one attached hydrogen (secondary N) is 2. The minimum absolute atomic E-state index is 0.0801. The Bertz CT molecular complexity index is 1230. The van der Waals surface area contributed by atoms with Gasteiger partial charge in [0, 0.05) is 24.6 Å². The van der Waals surface area contributed by atoms with Crippen LogP contribution in [0, 0.1) is 13.8 Å². The SMILES string of the molecule is Cc1cc(NC(=O)c2ccnn2C)cc(C)c1S(=O)(=O)Nc1cccc(C(F)(F)F)c1. The van der Waals surface area contributed by atoms with Crippen molar-refractivity contribution in [3.8, 4) is 0 Å². The Balaban J connectivity index is 1.89. The van der Waals surface area contributed by atoms with E-state index in [-0.39, 0.29) is 10.6 Å². The molecule has 0 aliphatic heterocycles. The summed E-state index contributed by atoms with van der Waals surface area (Å²) in [5.74, 6) is -0.420. The number of hydrogen-bond donors (Lipinski definition) is 2. The van der Waals surface area contributed by atoms with Crippen LogP contribution in [0.5, 0.6) is 0 Å². The van der Waals surface area contributed by atoms with Crippen LogP contribution in [0.15, 0.2) is 53.6 Å². The molecule has 0 spiro atoms. The van der Waals surface area contributed by atoms with Crippen molar-refractivity contribution < 1.29 is 26.4 Å². The molecule has 0 atom stereocenters. The average molecular weight is 452 g/mol. The molecule has 3 aromatic rings. The van der Waals surface area contributed by atoms with Gasteiger partial charge in [0.25, 0.3) is 15.9 Å². The predicted octanol–water partition coefficient (Wildman–Crippen LogP) is 4.11. The molecule has 31 heavy (non-hydrogen) atoms. The normalized spacial score (nSPS) is 11.9. The number of aryl methyl sites for hydroxylation is 3. The van der Waals surface area contributed by atoms with Crippen molar-refractivity contribution in [2.45, 2.75) is 24.9 Å². The van der Waals surface area contributed by atoms with E-state index in [2.05, 4.69) is 15.1 Å². The summed E-state index contributed by atoms with van der Waals surface area (Å²) in [6.45, 7) is 3.07. The van der Waals surface area contributed by atoms with Gasteiger partial charge in [-0.05, 0) is 61.4 Å². The first-order chi connectivity index (χ1) is 14.4. The number of halogens is 3. The van der Waals surface area contributed by atoms with Gasteiger partial charge >= 0.3 is 6.18 Å². The molecular weight excluding hydrogens is 433 g/mol. The first-order valence-corrected chi connectivity index (χ1v) is 10.5. The molecule has 3 rings (SSSR count). The third kappa shape index (κ3) is 4.88. The van der Waals surface area contributed by atoms with Gasteiger partial charge in [0.05, 0.1) is 10.5 Å². The molecule has 0 saturated heterocycles. The highest BCUT2D eigenvalue weighted by atomic mass is 32.2. The lowest BCUT2D eigenvalue weighted by Gasteiger charge is -2.16. The molecule has 11 heteroatoms. The van der Waals surface area contributed by atoms with Crippen LogP contribution in [0.1, 0.15) is 27.2 Å². The number of rotatable bonds is 5. The summed E-state index contributed by atoms with van der Waals surface area (Å²) in [7, 11) is -2.56. The molecule has 0 radical (unpaired) electrons. The molecule has 0 saturated carbocycles. The second kappa shape index (κ2) is 8.06. The fourth-order valence-electron chi connectivity index (χ4n) is 3.20. The van der Waals surface area contributed by atoms with Crippen molar-refractivity contribution in [3.63, 3.8) is 0 Å². The van der Waals surface area contributed by atoms with Gasteiger partial charge in [-0.3, -0.25) is 14.2 Å². The third-order valence-corrected chi connectivity index (χ3v) is 6.17. The van der Waals surface area contributed by atoms with E-state index in [4.69, 9.17) is 0 Å². The molecule has 1 heterocycles. The number of aromatic nitrogens is 2. The summed E-state index contributed by atoms with van der Waals surface area (Å²) in [5.41, 5.74) is 0.161. The minimum atomic E-state index is -4.60. The maximum absolute atomic E-state index is 12.9. The molecule has 0 aliphatic rings. The Labute approximate surface area is 176 Å². The quantitative estimate of drug-likeness (QED) is 0.609. The summed E-state index contributed by atoms with van der Waals surface area (Å²) in [6, 6.07) is 8.42. The summed E-state index contributed by atoms with van der Waals surface area (Å²) in [5, 5.41) is 6.60. The lowest BCUT2D eigenvalue weighted by atomic mass is 10.1. The van der Waals surface area contributed by atoms with Crippen LogP contribution in [0.3, 0.4) is 0 Å². The van der Waals surface area contributed by atoms with Gasteiger partial charge in [0.2, 0.25) is 0 Å². The molecule has 164 valence electrons. The summed E-state index contributed by atoms with van der Waals surface area (Å²) >= 11 is 0. The van der Waals surface area contributed by atoms with E-state index in [9.17, 15) is 26.4 Å². The average Bonchev–Trinajstić information content (AvgIpc) is 3.06. The molecular formula is C20H19F3N4O3S. The number of hydrogen-bond acceptors (Lipinski definition) is 4. The summed E-state index contributed by atoms with van der Waals surface area (Å²) < 4.78 is 68.1. The van der Waals surface area contributed by atoms with Crippen LogP contribution in [-0.2, 0) is 23.2 Å². The van der Waals surface area contributed by atoms with Crippen molar-refractivity contribution >= 4 is 27.3 Å². The number of nitrogens with zero attached hydrogens (tertiary/aromatic N) is 2. The standard InChI is InChI=1S/C20H19F3N4O3S/c1-12-9-16(25-19(28)17-7-8-24-27(17)3)10-13(2)18(12)31(29,30)26-15-6-4-5-14(11-15)20(21,22)23/h4-11,26H,1-3H3,(H,25,28). The van der Waals surface area contributed by atoms with Crippen molar-refractivity contribution in [3.05, 3.63) is 71.0 Å². The third-order valence-electron chi connectivity index (χ3n) is 4.48. The maximum Gasteiger partial charge on any atom is 0.416 e. The molecule has 1 aromatic heterocycles. The zero-order chi connectivity index (χ0) is 23.0. The van der Waals surface area contributed by atoms with Crippen LogP contribution >= 0.6 is 0 Å². The van der Waals surface area contributed by atoms with Gasteiger partial charge < -0.3 is 5.32 Å². The second-order valence-electron chi connectivity index (χ2n) is 6.92. The number of sulfonamides is 1. The largest absolute Gasteiger partial charge is 0.416 e. The molecule has 0 aliphatic carbocycles. The monoisotopic (exact) mass is 452 g/mol. The lowest BCUT2D eigenvalue weighted by Crippen LogP contribution is -2.18. The fourth-order valence-corrected chi connectivity index (χ4v) is 4.71. The van der Waals surface area contributed by atoms with E-state index in [0.29, 0.717) is 22.5 Å². The van der Waals surface area contributed by atoms with E-state index >= 15 is 0 Å². The van der Waals surface area contributed by atoms with E-state index < -0.39 is 27.7 Å². The van der Waals surface area contributed by atoms with Crippen LogP contribution in [0.2, 0.25) is 0 Å². The molecule has 0 unspecified atom stereocenters. The van der Waals surface area contributed by atoms with E-state index in [0.717, 1.165) is 18.2 Å². The lowest BCUT2D eigenvalue weighted by molar-refractivity contribution is -0.137. The maximum atomic E-state index is 12.9. The first kappa shape index (κ1) is 22.3. The van der Waals surface area contributed by atoms with Crippen molar-refractivity contribution in [1.29, 1.82) is 0 Å². The topological polar surface area (TPSA) is 93.1 Å². The van der Waals surface area contributed by atoms with Crippen molar-refractivity contribution in [2.24, 2.45) is 7.05 Å². The van der Waals surface area contributed by atoms with Crippen molar-refractivity contribution in [1.82, 2.24) is 9.78 Å². The Morgan fingerprint density at radius 1 is 1.03 bits per heavy atom. The minimum Gasteiger partial charge on any atom is -0.321 e. The second-order valence-corrected chi connectivity index (χ2v) is 8.54. The zero-order valence-corrected chi connectivity index (χ0v) is 17.6. The molecule has 1 amide bonds. The highest BCUT2D eigenvalue weighted by Crippen LogP contribution is 2.32. The zero-order valence-electron chi connectivity index (χ0n) is 16.8. The van der Waals surface area contributed by atoms with Gasteiger partial charge in [0.15, 0.2) is 0 Å². The highest BCUT2D eigenvalue weighted by molar-refractivity contribution is 7.92. The van der Waals surface area contributed by atoms with Gasteiger partial charge in [-0.1, -0.05) is 6.07 Å². The van der Waals surface area contributed by atoms with Gasteiger partial charge in [-0.15, -0.1) is 0 Å². The number of carbonyl (C=O) groups is 1. The Kier molecular flexibility index (Phi) is 5.81.